The number of rotatable bonds is 5. The van der Waals surface area contributed by atoms with E-state index in [0.29, 0.717) is 22.9 Å². The van der Waals surface area contributed by atoms with Gasteiger partial charge >= 0.3 is 0 Å². The Bertz CT molecular complexity index is 1290. The van der Waals surface area contributed by atoms with E-state index in [1.807, 2.05) is 39.3 Å². The summed E-state index contributed by atoms with van der Waals surface area (Å²) in [6.45, 7) is 3.07. The number of aromatic nitrogens is 3. The van der Waals surface area contributed by atoms with Crippen LogP contribution in [0.5, 0.6) is 0 Å². The number of nitrogens with one attached hydrogen (secondary N) is 2. The van der Waals surface area contributed by atoms with Crippen molar-refractivity contribution in [2.24, 2.45) is 0 Å². The molecular weight excluding hydrogens is 383 g/mol. The number of likely N-dealkylation sites (N-methyl/N-ethyl adjacent to an activating group) is 2. The van der Waals surface area contributed by atoms with Crippen LogP contribution < -0.4 is 16.2 Å². The fraction of sp³-hybridized carbons (Fsp3) is 0.273. The van der Waals surface area contributed by atoms with Gasteiger partial charge in [0.15, 0.2) is 0 Å². The highest BCUT2D eigenvalue weighted by Gasteiger charge is 2.19. The summed E-state index contributed by atoms with van der Waals surface area (Å²) in [6, 6.07) is 10.7. The number of hydrogen-bond donors (Lipinski definition) is 3. The van der Waals surface area contributed by atoms with Crippen LogP contribution in [0.3, 0.4) is 0 Å². The number of H-pyrrole nitrogens is 2. The number of aromatic amines is 2. The lowest BCUT2D eigenvalue weighted by Gasteiger charge is -2.29. The van der Waals surface area contributed by atoms with Gasteiger partial charge in [0.1, 0.15) is 17.2 Å². The number of fused-ring (bicyclic) bond motifs is 2. The zero-order valence-corrected chi connectivity index (χ0v) is 17.5. The van der Waals surface area contributed by atoms with E-state index in [-0.39, 0.29) is 16.6 Å². The number of hydrogen-bond acceptors (Lipinski definition) is 5. The first-order valence-corrected chi connectivity index (χ1v) is 9.74. The van der Waals surface area contributed by atoms with Crippen molar-refractivity contribution >= 4 is 33.3 Å². The molecule has 0 spiro atoms. The predicted molar refractivity (Wildman–Crippen MR) is 120 cm³/mol. The quantitative estimate of drug-likeness (QED) is 0.472. The average Bonchev–Trinajstić information content (AvgIpc) is 3.09. The number of nitrogens with zero attached hydrogens (tertiary/aromatic N) is 3. The number of halogens is 1. The molecule has 4 N–H and O–H groups in total. The molecule has 0 saturated carbocycles. The van der Waals surface area contributed by atoms with Gasteiger partial charge in [-0.3, -0.25) is 4.79 Å². The summed E-state index contributed by atoms with van der Waals surface area (Å²) in [4.78, 5) is 27.4. The Balaban J connectivity index is 1.80. The van der Waals surface area contributed by atoms with E-state index in [0.717, 1.165) is 17.7 Å². The summed E-state index contributed by atoms with van der Waals surface area (Å²) in [6.07, 6.45) is 0. The fourth-order valence-corrected chi connectivity index (χ4v) is 3.81. The van der Waals surface area contributed by atoms with E-state index in [1.165, 1.54) is 12.1 Å². The van der Waals surface area contributed by atoms with Crippen LogP contribution in [0.15, 0.2) is 41.2 Å². The Morgan fingerprint density at radius 1 is 1.13 bits per heavy atom. The Hall–Kier alpha value is -3.39. The molecule has 0 aliphatic carbocycles. The molecule has 156 valence electrons. The van der Waals surface area contributed by atoms with E-state index >= 15 is 0 Å². The minimum Gasteiger partial charge on any atom is -0.397 e. The molecule has 4 rings (SSSR count). The first-order chi connectivity index (χ1) is 14.3. The largest absolute Gasteiger partial charge is 0.397 e. The molecule has 2 aromatic heterocycles. The first-order valence-electron chi connectivity index (χ1n) is 9.74. The van der Waals surface area contributed by atoms with E-state index < -0.39 is 11.4 Å². The second kappa shape index (κ2) is 7.46. The van der Waals surface area contributed by atoms with Gasteiger partial charge in [-0.15, -0.1) is 0 Å². The van der Waals surface area contributed by atoms with Crippen LogP contribution in [0.2, 0.25) is 0 Å². The normalized spacial score (nSPS) is 12.7. The molecule has 1 atom stereocenters. The number of imidazole rings is 1. The lowest BCUT2D eigenvalue weighted by molar-refractivity contribution is 0.377. The number of anilines is 2. The van der Waals surface area contributed by atoms with Crippen LogP contribution in [0.4, 0.5) is 15.8 Å². The maximum atomic E-state index is 14.3. The smallest absolute Gasteiger partial charge is 0.261 e. The van der Waals surface area contributed by atoms with Crippen molar-refractivity contribution in [2.45, 2.75) is 13.0 Å². The molecule has 4 aromatic rings. The van der Waals surface area contributed by atoms with E-state index in [9.17, 15) is 9.18 Å². The minimum absolute atomic E-state index is 0.0721. The van der Waals surface area contributed by atoms with Crippen LogP contribution in [-0.4, -0.2) is 53.6 Å². The predicted octanol–water partition coefficient (Wildman–Crippen LogP) is 3.18. The van der Waals surface area contributed by atoms with Crippen LogP contribution in [-0.2, 0) is 0 Å². The van der Waals surface area contributed by atoms with Gasteiger partial charge in [0.05, 0.1) is 27.6 Å². The first kappa shape index (κ1) is 19.9. The molecule has 0 amide bonds. The molecular formula is C22H25FN6O. The molecule has 8 heteroatoms. The molecule has 1 unspecified atom stereocenters. The van der Waals surface area contributed by atoms with Gasteiger partial charge in [0, 0.05) is 25.3 Å². The highest BCUT2D eigenvalue weighted by atomic mass is 19.1. The zero-order valence-electron chi connectivity index (χ0n) is 17.5. The Morgan fingerprint density at radius 3 is 2.63 bits per heavy atom. The SMILES string of the molecule is CC(CN(C)C)N(C)c1ccc2[nH]c(-c3c(N)c4c(F)cccc4[nH]c3=O)nc2c1. The molecule has 7 nitrogen and oxygen atoms in total. The van der Waals surface area contributed by atoms with Gasteiger partial charge in [0.2, 0.25) is 0 Å². The molecule has 0 aliphatic rings. The third-order valence-corrected chi connectivity index (χ3v) is 5.43. The van der Waals surface area contributed by atoms with Crippen LogP contribution >= 0.6 is 0 Å². The molecule has 30 heavy (non-hydrogen) atoms. The average molecular weight is 408 g/mol. The monoisotopic (exact) mass is 408 g/mol. The van der Waals surface area contributed by atoms with Crippen molar-refractivity contribution < 1.29 is 4.39 Å². The summed E-state index contributed by atoms with van der Waals surface area (Å²) in [7, 11) is 6.13. The summed E-state index contributed by atoms with van der Waals surface area (Å²) in [5, 5.41) is 0.186. The third-order valence-electron chi connectivity index (χ3n) is 5.43. The molecule has 0 saturated heterocycles. The van der Waals surface area contributed by atoms with Crippen molar-refractivity contribution in [2.75, 3.05) is 38.3 Å². The maximum absolute atomic E-state index is 14.3. The fourth-order valence-electron chi connectivity index (χ4n) is 3.81. The summed E-state index contributed by atoms with van der Waals surface area (Å²) in [5.41, 5.74) is 8.85. The van der Waals surface area contributed by atoms with Crippen LogP contribution in [0.25, 0.3) is 33.3 Å². The van der Waals surface area contributed by atoms with Gasteiger partial charge in [-0.25, -0.2) is 9.37 Å². The summed E-state index contributed by atoms with van der Waals surface area (Å²) < 4.78 is 14.3. The topological polar surface area (TPSA) is 94.0 Å². The Kier molecular flexibility index (Phi) is 4.95. The highest BCUT2D eigenvalue weighted by Crippen LogP contribution is 2.30. The zero-order chi connectivity index (χ0) is 21.6. The molecule has 0 fully saturated rings. The van der Waals surface area contributed by atoms with Crippen LogP contribution in [0.1, 0.15) is 6.92 Å². The molecule has 0 aliphatic heterocycles. The van der Waals surface area contributed by atoms with Crippen molar-refractivity contribution in [1.82, 2.24) is 19.9 Å². The number of nitrogens with two attached hydrogens (primary N) is 1. The van der Waals surface area contributed by atoms with Crippen LogP contribution in [0, 0.1) is 5.82 Å². The highest BCUT2D eigenvalue weighted by molar-refractivity contribution is 5.98. The van der Waals surface area contributed by atoms with Gasteiger partial charge in [-0.2, -0.15) is 0 Å². The van der Waals surface area contributed by atoms with E-state index in [1.54, 1.807) is 6.07 Å². The van der Waals surface area contributed by atoms with Crippen molar-refractivity contribution in [3.05, 3.63) is 52.6 Å². The summed E-state index contributed by atoms with van der Waals surface area (Å²) >= 11 is 0. The second-order valence-corrected chi connectivity index (χ2v) is 7.91. The van der Waals surface area contributed by atoms with Crippen molar-refractivity contribution in [1.29, 1.82) is 0 Å². The van der Waals surface area contributed by atoms with Gasteiger partial charge in [-0.1, -0.05) is 6.07 Å². The third kappa shape index (κ3) is 3.39. The summed E-state index contributed by atoms with van der Waals surface area (Å²) in [5.74, 6) is -0.174. The molecule has 0 radical (unpaired) electrons. The van der Waals surface area contributed by atoms with Crippen molar-refractivity contribution in [3.8, 4) is 11.4 Å². The lowest BCUT2D eigenvalue weighted by atomic mass is 10.1. The molecule has 2 aromatic carbocycles. The minimum atomic E-state index is -0.489. The van der Waals surface area contributed by atoms with E-state index in [4.69, 9.17) is 5.73 Å². The van der Waals surface area contributed by atoms with Crippen molar-refractivity contribution in [3.63, 3.8) is 0 Å². The standard InChI is InChI=1S/C22H25FN6O/c1-12(11-28(2)3)29(4)13-8-9-15-17(10-13)26-21(25-15)19-20(24)18-14(23)6-5-7-16(18)27-22(19)30/h5-10,12H,11H2,1-4H3,(H,25,26)(H3,24,27,30). The van der Waals surface area contributed by atoms with Gasteiger partial charge in [0.25, 0.3) is 5.56 Å². The van der Waals surface area contributed by atoms with Gasteiger partial charge in [-0.05, 0) is 51.4 Å². The molecule has 0 bridgehead atoms. The lowest BCUT2D eigenvalue weighted by Crippen LogP contribution is -2.37. The second-order valence-electron chi connectivity index (χ2n) is 7.91. The Labute approximate surface area is 173 Å². The Morgan fingerprint density at radius 2 is 1.90 bits per heavy atom. The number of nitrogen functional groups attached to an aromatic ring is 1. The van der Waals surface area contributed by atoms with Gasteiger partial charge < -0.3 is 25.5 Å². The number of pyridine rings is 1. The van der Waals surface area contributed by atoms with E-state index in [2.05, 4.69) is 31.7 Å². The maximum Gasteiger partial charge on any atom is 0.261 e. The molecule has 2 heterocycles. The number of benzene rings is 2.